The van der Waals surface area contributed by atoms with Gasteiger partial charge < -0.3 is 0 Å². The van der Waals surface area contributed by atoms with E-state index >= 15 is 0 Å². The molecule has 1 rings (SSSR count). The largest absolute Gasteiger partial charge is 0.345 e. The molecule has 2 atom stereocenters. The lowest BCUT2D eigenvalue weighted by atomic mass is 9.92. The normalized spacial score (nSPS) is 26.8. The number of carbonyl (C=O) groups is 1. The summed E-state index contributed by atoms with van der Waals surface area (Å²) in [6.45, 7) is 5.12. The molecule has 1 amide bonds. The van der Waals surface area contributed by atoms with E-state index in [-0.39, 0.29) is 5.03 Å². The van der Waals surface area contributed by atoms with Gasteiger partial charge in [0.05, 0.1) is 5.54 Å². The van der Waals surface area contributed by atoms with Crippen molar-refractivity contribution in [2.75, 3.05) is 0 Å². The van der Waals surface area contributed by atoms with E-state index in [9.17, 15) is 14.9 Å². The molecule has 0 aromatic heterocycles. The Hall–Kier alpha value is -1.11. The van der Waals surface area contributed by atoms with E-state index < -0.39 is 27.3 Å². The van der Waals surface area contributed by atoms with Gasteiger partial charge in [-0.3, -0.25) is 19.9 Å². The summed E-state index contributed by atoms with van der Waals surface area (Å²) < 4.78 is 0. The molecule has 0 aromatic rings. The van der Waals surface area contributed by atoms with Crippen molar-refractivity contribution in [2.45, 2.75) is 31.3 Å². The molecule has 0 saturated carbocycles. The molecule has 1 aliphatic rings. The molecule has 2 N–H and O–H groups in total. The van der Waals surface area contributed by atoms with Gasteiger partial charge in [0.25, 0.3) is 5.91 Å². The van der Waals surface area contributed by atoms with Gasteiger partial charge in [-0.2, -0.15) is 0 Å². The van der Waals surface area contributed by atoms with Crippen molar-refractivity contribution in [2.24, 2.45) is 11.8 Å². The molecule has 1 aliphatic carbocycles. The molecular formula is C11H15Cl2N3O3. The van der Waals surface area contributed by atoms with E-state index in [4.69, 9.17) is 29.0 Å². The first kappa shape index (κ1) is 15.9. The first-order valence-corrected chi connectivity index (χ1v) is 6.25. The third-order valence-corrected chi connectivity index (χ3v) is 3.87. The van der Waals surface area contributed by atoms with E-state index in [2.05, 4.69) is 0 Å². The minimum Gasteiger partial charge on any atom is -0.275 e. The lowest BCUT2D eigenvalue weighted by Gasteiger charge is -2.35. The number of amides is 1. The van der Waals surface area contributed by atoms with Crippen molar-refractivity contribution < 1.29 is 9.72 Å². The zero-order valence-electron chi connectivity index (χ0n) is 10.8. The van der Waals surface area contributed by atoms with Gasteiger partial charge in [0.2, 0.25) is 0 Å². The van der Waals surface area contributed by atoms with Crippen LogP contribution in [0.2, 0.25) is 0 Å². The van der Waals surface area contributed by atoms with Crippen LogP contribution in [0.5, 0.6) is 0 Å². The molecule has 0 bridgehead atoms. The van der Waals surface area contributed by atoms with Crippen molar-refractivity contribution in [3.63, 3.8) is 0 Å². The molecule has 0 fully saturated rings. The monoisotopic (exact) mass is 307 g/mol. The number of halogens is 2. The van der Waals surface area contributed by atoms with Crippen molar-refractivity contribution in [1.29, 1.82) is 0 Å². The number of allylic oxidation sites excluding steroid dienone is 2. The Balaban J connectivity index is 3.19. The van der Waals surface area contributed by atoms with Crippen molar-refractivity contribution in [3.05, 3.63) is 33.4 Å². The summed E-state index contributed by atoms with van der Waals surface area (Å²) in [6, 6.07) is 0. The van der Waals surface area contributed by atoms with Crippen LogP contribution in [-0.2, 0) is 4.79 Å². The second-order valence-corrected chi connectivity index (χ2v) is 6.17. The van der Waals surface area contributed by atoms with Crippen LogP contribution < -0.4 is 5.84 Å². The predicted molar refractivity (Wildman–Crippen MR) is 72.9 cm³/mol. The maximum absolute atomic E-state index is 12.3. The second kappa shape index (κ2) is 5.11. The zero-order chi connectivity index (χ0) is 15.0. The molecule has 6 nitrogen and oxygen atoms in total. The average molecular weight is 308 g/mol. The first-order chi connectivity index (χ1) is 8.52. The second-order valence-electron chi connectivity index (χ2n) is 5.19. The number of hydrazine groups is 1. The minimum atomic E-state index is -2.21. The number of hydrogen-bond donors (Lipinski definition) is 1. The van der Waals surface area contributed by atoms with Crippen molar-refractivity contribution in [1.82, 2.24) is 5.01 Å². The van der Waals surface area contributed by atoms with Gasteiger partial charge in [-0.15, -0.1) is 0 Å². The highest BCUT2D eigenvalue weighted by molar-refractivity contribution is 6.39. The molecule has 0 heterocycles. The van der Waals surface area contributed by atoms with E-state index in [0.717, 1.165) is 5.01 Å². The van der Waals surface area contributed by atoms with Crippen LogP contribution in [0.15, 0.2) is 23.3 Å². The summed E-state index contributed by atoms with van der Waals surface area (Å²) in [4.78, 5) is 20.5. The Labute approximate surface area is 120 Å². The quantitative estimate of drug-likeness (QED) is 0.211. The topological polar surface area (TPSA) is 89.5 Å². The summed E-state index contributed by atoms with van der Waals surface area (Å²) in [5.41, 5.74) is -0.688. The molecule has 0 aromatic carbocycles. The standard InChI is InChI=1S/C11H15Cl2N3O3/c1-10(2,3)15(14)9(17)7-5-4-6-8(12)11(7,13)16(18)19/h4-7H,14H2,1-3H3. The van der Waals surface area contributed by atoms with Gasteiger partial charge in [0, 0.05) is 4.92 Å². The SMILES string of the molecule is CC(C)(C)N(N)C(=O)C1C=CC=C(Cl)C1(Cl)[N+](=O)[O-]. The van der Waals surface area contributed by atoms with Gasteiger partial charge >= 0.3 is 5.00 Å². The van der Waals surface area contributed by atoms with Crippen LogP contribution >= 0.6 is 23.2 Å². The molecule has 0 spiro atoms. The van der Waals surface area contributed by atoms with Crippen LogP contribution in [0.3, 0.4) is 0 Å². The van der Waals surface area contributed by atoms with E-state index in [0.29, 0.717) is 0 Å². The Morgan fingerprint density at radius 3 is 2.53 bits per heavy atom. The highest BCUT2D eigenvalue weighted by atomic mass is 35.5. The van der Waals surface area contributed by atoms with Crippen LogP contribution in [0.4, 0.5) is 0 Å². The van der Waals surface area contributed by atoms with E-state index in [1.165, 1.54) is 18.2 Å². The molecule has 2 unspecified atom stereocenters. The highest BCUT2D eigenvalue weighted by Gasteiger charge is 2.56. The van der Waals surface area contributed by atoms with Gasteiger partial charge in [-0.05, 0) is 38.4 Å². The number of carbonyl (C=O) groups excluding carboxylic acids is 1. The molecule has 8 heteroatoms. The fraction of sp³-hybridized carbons (Fsp3) is 0.545. The minimum absolute atomic E-state index is 0.220. The number of hydrogen-bond acceptors (Lipinski definition) is 4. The summed E-state index contributed by atoms with van der Waals surface area (Å²) in [5.74, 6) is 3.77. The van der Waals surface area contributed by atoms with E-state index in [1.54, 1.807) is 20.8 Å². The lowest BCUT2D eigenvalue weighted by molar-refractivity contribution is -0.534. The zero-order valence-corrected chi connectivity index (χ0v) is 12.3. The fourth-order valence-corrected chi connectivity index (χ4v) is 2.06. The molecule has 0 radical (unpaired) electrons. The van der Waals surface area contributed by atoms with Crippen molar-refractivity contribution in [3.8, 4) is 0 Å². The summed E-state index contributed by atoms with van der Waals surface area (Å²) in [7, 11) is 0. The summed E-state index contributed by atoms with van der Waals surface area (Å²) in [6.07, 6.45) is 4.07. The molecule has 0 aliphatic heterocycles. The third-order valence-electron chi connectivity index (χ3n) is 2.79. The highest BCUT2D eigenvalue weighted by Crippen LogP contribution is 2.41. The number of nitrogens with zero attached hydrogens (tertiary/aromatic N) is 2. The molecular weight excluding hydrogens is 293 g/mol. The predicted octanol–water partition coefficient (Wildman–Crippen LogP) is 2.01. The number of nitro groups is 1. The molecule has 0 saturated heterocycles. The van der Waals surface area contributed by atoms with Crippen molar-refractivity contribution >= 4 is 29.1 Å². The average Bonchev–Trinajstić information content (AvgIpc) is 2.29. The van der Waals surface area contributed by atoms with Gasteiger partial charge in [-0.1, -0.05) is 23.8 Å². The Morgan fingerprint density at radius 1 is 1.58 bits per heavy atom. The fourth-order valence-electron chi connectivity index (χ4n) is 1.57. The Kier molecular flexibility index (Phi) is 4.29. The van der Waals surface area contributed by atoms with Gasteiger partial charge in [-0.25, -0.2) is 5.84 Å². The number of nitrogens with two attached hydrogens (primary N) is 1. The number of alkyl halides is 1. The maximum Gasteiger partial charge on any atom is 0.345 e. The molecule has 106 valence electrons. The number of rotatable bonds is 2. The van der Waals surface area contributed by atoms with Crippen LogP contribution in [0.25, 0.3) is 0 Å². The van der Waals surface area contributed by atoms with Gasteiger partial charge in [0.15, 0.2) is 0 Å². The van der Waals surface area contributed by atoms with Crippen LogP contribution in [-0.4, -0.2) is 26.4 Å². The summed E-state index contributed by atoms with van der Waals surface area (Å²) in [5, 5.41) is 11.9. The molecule has 19 heavy (non-hydrogen) atoms. The van der Waals surface area contributed by atoms with Crippen LogP contribution in [0.1, 0.15) is 20.8 Å². The van der Waals surface area contributed by atoms with Crippen LogP contribution in [0, 0.1) is 16.0 Å². The Bertz CT molecular complexity index is 470. The summed E-state index contributed by atoms with van der Waals surface area (Å²) >= 11 is 11.8. The smallest absolute Gasteiger partial charge is 0.275 e. The maximum atomic E-state index is 12.3. The lowest BCUT2D eigenvalue weighted by Crippen LogP contribution is -2.57. The van der Waals surface area contributed by atoms with Gasteiger partial charge in [0.1, 0.15) is 11.0 Å². The Morgan fingerprint density at radius 2 is 2.11 bits per heavy atom. The third kappa shape index (κ3) is 2.75. The first-order valence-electron chi connectivity index (χ1n) is 5.49. The van der Waals surface area contributed by atoms with E-state index in [1.807, 2.05) is 0 Å².